The zero-order valence-electron chi connectivity index (χ0n) is 19.7. The second-order valence-corrected chi connectivity index (χ2v) is 9.33. The molecule has 0 spiro atoms. The van der Waals surface area contributed by atoms with E-state index < -0.39 is 0 Å². The van der Waals surface area contributed by atoms with Crippen LogP contribution in [0.15, 0.2) is 60.7 Å². The Balaban J connectivity index is 1.36. The molecule has 0 radical (unpaired) electrons. The van der Waals surface area contributed by atoms with Crippen LogP contribution in [0.2, 0.25) is 0 Å². The van der Waals surface area contributed by atoms with Crippen molar-refractivity contribution in [3.63, 3.8) is 0 Å². The molecule has 0 bridgehead atoms. The molecule has 6 nitrogen and oxygen atoms in total. The van der Waals surface area contributed by atoms with Crippen LogP contribution < -0.4 is 30.0 Å². The molecule has 0 aromatic heterocycles. The number of hydrogen-bond acceptors (Lipinski definition) is 6. The molecule has 3 unspecified atom stereocenters. The van der Waals surface area contributed by atoms with Gasteiger partial charge in [0.05, 0.1) is 18.7 Å². The van der Waals surface area contributed by atoms with Crippen molar-refractivity contribution in [2.75, 3.05) is 31.3 Å². The summed E-state index contributed by atoms with van der Waals surface area (Å²) in [4.78, 5) is 2.50. The Bertz CT molecular complexity index is 1160. The lowest BCUT2D eigenvalue weighted by Crippen LogP contribution is -2.39. The molecule has 34 heavy (non-hydrogen) atoms. The number of nitrogens with one attached hydrogen (secondary N) is 2. The minimum Gasteiger partial charge on any atom is -0.494 e. The van der Waals surface area contributed by atoms with Gasteiger partial charge in [-0.25, -0.2) is 10.9 Å². The summed E-state index contributed by atoms with van der Waals surface area (Å²) >= 11 is 0. The van der Waals surface area contributed by atoms with Crippen molar-refractivity contribution < 1.29 is 14.2 Å². The maximum atomic E-state index is 5.95. The lowest BCUT2D eigenvalue weighted by molar-refractivity contribution is 0.171. The van der Waals surface area contributed by atoms with E-state index >= 15 is 0 Å². The van der Waals surface area contributed by atoms with Crippen molar-refractivity contribution >= 4 is 5.69 Å². The lowest BCUT2D eigenvalue weighted by atomic mass is 9.81. The number of anilines is 1. The monoisotopic (exact) mass is 457 g/mol. The average Bonchev–Trinajstić information content (AvgIpc) is 3.29. The molecule has 3 aliphatic rings. The Kier molecular flexibility index (Phi) is 5.55. The topological polar surface area (TPSA) is 55.0 Å². The Morgan fingerprint density at radius 1 is 0.912 bits per heavy atom. The first-order chi connectivity index (χ1) is 16.7. The zero-order valence-corrected chi connectivity index (χ0v) is 19.7. The summed E-state index contributed by atoms with van der Waals surface area (Å²) in [5, 5.41) is 0. The van der Waals surface area contributed by atoms with Crippen molar-refractivity contribution in [1.82, 2.24) is 10.9 Å². The van der Waals surface area contributed by atoms with Crippen LogP contribution in [-0.2, 0) is 6.54 Å². The molecular formula is C28H31N3O3. The second-order valence-electron chi connectivity index (χ2n) is 9.33. The molecule has 0 saturated carbocycles. The summed E-state index contributed by atoms with van der Waals surface area (Å²) in [6.07, 6.45) is 0. The highest BCUT2D eigenvalue weighted by atomic mass is 16.6. The van der Waals surface area contributed by atoms with Crippen LogP contribution in [0.4, 0.5) is 5.69 Å². The Morgan fingerprint density at radius 3 is 2.35 bits per heavy atom. The van der Waals surface area contributed by atoms with Gasteiger partial charge in [0.25, 0.3) is 0 Å². The molecule has 0 aliphatic carbocycles. The number of hydrazine groups is 1. The van der Waals surface area contributed by atoms with Gasteiger partial charge < -0.3 is 19.1 Å². The fraction of sp³-hybridized carbons (Fsp3) is 0.357. The van der Waals surface area contributed by atoms with Gasteiger partial charge in [0.1, 0.15) is 19.0 Å². The maximum absolute atomic E-state index is 5.95. The molecule has 176 valence electrons. The largest absolute Gasteiger partial charge is 0.494 e. The van der Waals surface area contributed by atoms with Crippen LogP contribution in [0, 0.1) is 12.8 Å². The number of fused-ring (bicyclic) bond motifs is 4. The number of nitrogens with zero attached hydrogens (tertiary/aromatic N) is 1. The van der Waals surface area contributed by atoms with Crippen molar-refractivity contribution in [2.45, 2.75) is 32.5 Å². The molecule has 3 heterocycles. The highest BCUT2D eigenvalue weighted by molar-refractivity contribution is 5.65. The first-order valence-corrected chi connectivity index (χ1v) is 12.2. The van der Waals surface area contributed by atoms with Crippen LogP contribution in [-0.4, -0.2) is 26.4 Å². The van der Waals surface area contributed by atoms with E-state index in [9.17, 15) is 0 Å². The van der Waals surface area contributed by atoms with Gasteiger partial charge in [-0.05, 0) is 48.7 Å². The second kappa shape index (κ2) is 8.85. The van der Waals surface area contributed by atoms with Gasteiger partial charge in [-0.15, -0.1) is 0 Å². The Labute approximate surface area is 200 Å². The van der Waals surface area contributed by atoms with E-state index in [4.69, 9.17) is 14.2 Å². The third-order valence-electron chi connectivity index (χ3n) is 7.09. The molecule has 1 saturated heterocycles. The first kappa shape index (κ1) is 21.3. The van der Waals surface area contributed by atoms with E-state index in [0.717, 1.165) is 30.3 Å². The molecule has 6 heteroatoms. The fourth-order valence-corrected chi connectivity index (χ4v) is 5.41. The van der Waals surface area contributed by atoms with Crippen molar-refractivity contribution in [2.24, 2.45) is 5.92 Å². The number of benzene rings is 3. The van der Waals surface area contributed by atoms with Gasteiger partial charge >= 0.3 is 0 Å². The van der Waals surface area contributed by atoms with Gasteiger partial charge in [-0.2, -0.15) is 0 Å². The molecule has 1 fully saturated rings. The zero-order chi connectivity index (χ0) is 23.1. The van der Waals surface area contributed by atoms with Crippen molar-refractivity contribution in [3.8, 4) is 17.2 Å². The van der Waals surface area contributed by atoms with Crippen LogP contribution in [0.1, 0.15) is 41.3 Å². The number of hydrogen-bond donors (Lipinski definition) is 2. The third-order valence-corrected chi connectivity index (χ3v) is 7.09. The first-order valence-electron chi connectivity index (χ1n) is 12.2. The SMILES string of the molecule is CCOc1ccc(C2NNC3c4cc5c(cc4N(Cc4ccc(C)cc4)CC23)OCCO5)cc1. The summed E-state index contributed by atoms with van der Waals surface area (Å²) in [6.45, 7) is 7.79. The smallest absolute Gasteiger partial charge is 0.163 e. The average molecular weight is 458 g/mol. The summed E-state index contributed by atoms with van der Waals surface area (Å²) in [5.41, 5.74) is 13.5. The minimum absolute atomic E-state index is 0.191. The van der Waals surface area contributed by atoms with Gasteiger partial charge in [0, 0.05) is 30.8 Å². The van der Waals surface area contributed by atoms with E-state index in [1.165, 1.54) is 27.9 Å². The quantitative estimate of drug-likeness (QED) is 0.580. The number of rotatable bonds is 5. The molecule has 3 aromatic rings. The minimum atomic E-state index is 0.191. The Hall–Kier alpha value is -3.22. The molecule has 6 rings (SSSR count). The Morgan fingerprint density at radius 2 is 1.62 bits per heavy atom. The van der Waals surface area contributed by atoms with E-state index in [0.29, 0.717) is 25.7 Å². The maximum Gasteiger partial charge on any atom is 0.163 e. The number of aryl methyl sites for hydroxylation is 1. The van der Waals surface area contributed by atoms with Crippen LogP contribution in [0.3, 0.4) is 0 Å². The van der Waals surface area contributed by atoms with Crippen LogP contribution >= 0.6 is 0 Å². The summed E-state index contributed by atoms with van der Waals surface area (Å²) < 4.78 is 17.5. The lowest BCUT2D eigenvalue weighted by Gasteiger charge is -2.40. The van der Waals surface area contributed by atoms with Gasteiger partial charge in [0.2, 0.25) is 0 Å². The van der Waals surface area contributed by atoms with Gasteiger partial charge in [-0.3, -0.25) is 0 Å². The van der Waals surface area contributed by atoms with Gasteiger partial charge in [0.15, 0.2) is 11.5 Å². The van der Waals surface area contributed by atoms with Crippen LogP contribution in [0.5, 0.6) is 17.2 Å². The highest BCUT2D eigenvalue weighted by Crippen LogP contribution is 2.49. The molecule has 3 atom stereocenters. The highest BCUT2D eigenvalue weighted by Gasteiger charge is 2.44. The van der Waals surface area contributed by atoms with E-state index in [1.807, 2.05) is 6.92 Å². The molecule has 3 aromatic carbocycles. The van der Waals surface area contributed by atoms with E-state index in [2.05, 4.69) is 83.3 Å². The predicted molar refractivity (Wildman–Crippen MR) is 133 cm³/mol. The molecular weight excluding hydrogens is 426 g/mol. The van der Waals surface area contributed by atoms with Crippen LogP contribution in [0.25, 0.3) is 0 Å². The predicted octanol–water partition coefficient (Wildman–Crippen LogP) is 4.69. The summed E-state index contributed by atoms with van der Waals surface area (Å²) in [7, 11) is 0. The molecule has 0 amide bonds. The van der Waals surface area contributed by atoms with Gasteiger partial charge in [-0.1, -0.05) is 42.0 Å². The van der Waals surface area contributed by atoms with E-state index in [-0.39, 0.29) is 12.1 Å². The summed E-state index contributed by atoms with van der Waals surface area (Å²) in [6, 6.07) is 22.1. The van der Waals surface area contributed by atoms with Crippen molar-refractivity contribution in [1.29, 1.82) is 0 Å². The molecule has 3 aliphatic heterocycles. The normalized spacial score (nSPS) is 22.8. The standard InChI is InChI=1S/C28H31N3O3/c1-3-32-21-10-8-20(9-11-21)27-23-17-31(16-19-6-4-18(2)5-7-19)24-15-26-25(33-12-13-34-26)14-22(24)28(23)30-29-27/h4-11,14-15,23,27-30H,3,12-13,16-17H2,1-2H3. The molecule has 2 N–H and O–H groups in total. The third kappa shape index (κ3) is 3.87. The number of ether oxygens (including phenoxy) is 3. The van der Waals surface area contributed by atoms with Crippen molar-refractivity contribution in [3.05, 3.63) is 82.9 Å². The fourth-order valence-electron chi connectivity index (χ4n) is 5.41. The summed E-state index contributed by atoms with van der Waals surface area (Å²) in [5.74, 6) is 2.95. The van der Waals surface area contributed by atoms with E-state index in [1.54, 1.807) is 0 Å².